The average molecular weight is 325 g/mol. The molecule has 0 spiro atoms. The van der Waals surface area contributed by atoms with Gasteiger partial charge in [0.2, 0.25) is 0 Å². The van der Waals surface area contributed by atoms with Crippen molar-refractivity contribution in [3.8, 4) is 0 Å². The molecule has 0 aliphatic rings. The lowest BCUT2D eigenvalue weighted by atomic mass is 10.1. The fraction of sp³-hybridized carbons (Fsp3) is 0.467. The zero-order valence-corrected chi connectivity index (χ0v) is 14.5. The summed E-state index contributed by atoms with van der Waals surface area (Å²) in [7, 11) is 1.67. The number of hydrogen-bond donors (Lipinski definition) is 3. The molecular formula is C15H23N3O3S. The first-order valence-corrected chi connectivity index (χ1v) is 7.28. The van der Waals surface area contributed by atoms with E-state index < -0.39 is 17.7 Å². The third-order valence-corrected chi connectivity index (χ3v) is 3.49. The van der Waals surface area contributed by atoms with Gasteiger partial charge in [-0.3, -0.25) is 0 Å². The number of rotatable bonds is 3. The summed E-state index contributed by atoms with van der Waals surface area (Å²) in [6.45, 7) is 7.71. The number of nitrogens with one attached hydrogen (secondary N) is 1. The Kier molecular flexibility index (Phi) is 5.71. The first-order chi connectivity index (χ1) is 10.0. The summed E-state index contributed by atoms with van der Waals surface area (Å²) in [5, 5.41) is 2.51. The molecule has 7 heteroatoms. The average Bonchev–Trinajstić information content (AvgIpc) is 2.35. The number of hydrogen-bond acceptors (Lipinski definition) is 4. The zero-order chi connectivity index (χ0) is 17.1. The topological polar surface area (TPSA) is 84.7 Å². The van der Waals surface area contributed by atoms with Crippen LogP contribution in [0.1, 0.15) is 31.9 Å². The van der Waals surface area contributed by atoms with Crippen molar-refractivity contribution in [3.05, 3.63) is 23.3 Å². The smallest absolute Gasteiger partial charge is 0.410 e. The Hall–Kier alpha value is -1.89. The molecule has 0 aliphatic heterocycles. The highest BCUT2D eigenvalue weighted by Gasteiger charge is 2.20. The van der Waals surface area contributed by atoms with Crippen LogP contribution in [0, 0.1) is 6.92 Å². The van der Waals surface area contributed by atoms with Gasteiger partial charge >= 0.3 is 12.1 Å². The van der Waals surface area contributed by atoms with Gasteiger partial charge in [-0.25, -0.2) is 9.59 Å². The molecule has 0 fully saturated rings. The van der Waals surface area contributed by atoms with Crippen LogP contribution in [-0.4, -0.2) is 29.7 Å². The fourth-order valence-electron chi connectivity index (χ4n) is 1.81. The molecule has 6 nitrogen and oxygen atoms in total. The molecule has 0 radical (unpaired) electrons. The summed E-state index contributed by atoms with van der Waals surface area (Å²) in [5.74, 6) is 0. The summed E-state index contributed by atoms with van der Waals surface area (Å²) < 4.78 is 5.31. The van der Waals surface area contributed by atoms with Crippen molar-refractivity contribution in [2.45, 2.75) is 44.7 Å². The molecule has 0 saturated heterocycles. The van der Waals surface area contributed by atoms with Crippen LogP contribution in [-0.2, 0) is 11.3 Å². The minimum Gasteiger partial charge on any atom is -0.444 e. The number of anilines is 1. The van der Waals surface area contributed by atoms with E-state index >= 15 is 0 Å². The standard InChI is InChI=1S/C15H23N3O3S/c1-9-10(6-7-11(12(9)22)17-13(16)19)8-18(5)14(20)21-15(2,3)4/h6-7,22H,8H2,1-5H3,(H3,16,17,19). The molecule has 1 aromatic carbocycles. The second kappa shape index (κ2) is 6.91. The van der Waals surface area contributed by atoms with E-state index in [1.165, 1.54) is 4.90 Å². The molecule has 3 N–H and O–H groups in total. The van der Waals surface area contributed by atoms with Gasteiger partial charge < -0.3 is 20.7 Å². The van der Waals surface area contributed by atoms with Crippen molar-refractivity contribution >= 4 is 30.4 Å². The largest absolute Gasteiger partial charge is 0.444 e. The zero-order valence-electron chi connectivity index (χ0n) is 13.6. The molecule has 0 unspecified atom stereocenters. The van der Waals surface area contributed by atoms with Crippen molar-refractivity contribution in [2.24, 2.45) is 5.73 Å². The van der Waals surface area contributed by atoms with Crippen molar-refractivity contribution < 1.29 is 14.3 Å². The number of amides is 3. The normalized spacial score (nSPS) is 11.0. The Morgan fingerprint density at radius 1 is 1.36 bits per heavy atom. The lowest BCUT2D eigenvalue weighted by Gasteiger charge is -2.25. The number of nitrogens with zero attached hydrogens (tertiary/aromatic N) is 1. The lowest BCUT2D eigenvalue weighted by molar-refractivity contribution is 0.0285. The number of benzene rings is 1. The van der Waals surface area contributed by atoms with Crippen molar-refractivity contribution in [3.63, 3.8) is 0 Å². The Morgan fingerprint density at radius 3 is 2.45 bits per heavy atom. The van der Waals surface area contributed by atoms with E-state index in [2.05, 4.69) is 17.9 Å². The van der Waals surface area contributed by atoms with Gasteiger partial charge in [-0.15, -0.1) is 12.6 Å². The van der Waals surface area contributed by atoms with Crippen LogP contribution in [0.15, 0.2) is 17.0 Å². The summed E-state index contributed by atoms with van der Waals surface area (Å²) in [6, 6.07) is 2.88. The first-order valence-electron chi connectivity index (χ1n) is 6.83. The lowest BCUT2D eigenvalue weighted by Crippen LogP contribution is -2.34. The van der Waals surface area contributed by atoms with Gasteiger partial charge in [0.05, 0.1) is 5.69 Å². The van der Waals surface area contributed by atoms with Crippen LogP contribution < -0.4 is 11.1 Å². The van der Waals surface area contributed by atoms with Gasteiger partial charge in [-0.2, -0.15) is 0 Å². The third-order valence-electron chi connectivity index (χ3n) is 2.91. The molecule has 0 atom stereocenters. The van der Waals surface area contributed by atoms with Gasteiger partial charge in [-0.05, 0) is 44.9 Å². The fourth-order valence-corrected chi connectivity index (χ4v) is 2.08. The van der Waals surface area contributed by atoms with Crippen LogP contribution in [0.25, 0.3) is 0 Å². The summed E-state index contributed by atoms with van der Waals surface area (Å²) in [4.78, 5) is 25.0. The highest BCUT2D eigenvalue weighted by molar-refractivity contribution is 7.80. The van der Waals surface area contributed by atoms with Gasteiger partial charge in [0, 0.05) is 18.5 Å². The molecular weight excluding hydrogens is 302 g/mol. The van der Waals surface area contributed by atoms with Crippen LogP contribution in [0.3, 0.4) is 0 Å². The van der Waals surface area contributed by atoms with Gasteiger partial charge in [0.15, 0.2) is 0 Å². The molecule has 22 heavy (non-hydrogen) atoms. The Morgan fingerprint density at radius 2 is 1.95 bits per heavy atom. The van der Waals surface area contributed by atoms with Crippen LogP contribution in [0.4, 0.5) is 15.3 Å². The number of ether oxygens (including phenoxy) is 1. The van der Waals surface area contributed by atoms with Crippen LogP contribution >= 0.6 is 12.6 Å². The predicted octanol–water partition coefficient (Wildman–Crippen LogP) is 3.14. The van der Waals surface area contributed by atoms with E-state index in [1.807, 2.05) is 33.8 Å². The summed E-state index contributed by atoms with van der Waals surface area (Å²) in [5.41, 5.74) is 6.89. The molecule has 0 aliphatic carbocycles. The molecule has 3 amide bonds. The van der Waals surface area contributed by atoms with E-state index in [0.29, 0.717) is 17.1 Å². The summed E-state index contributed by atoms with van der Waals surface area (Å²) >= 11 is 4.39. The highest BCUT2D eigenvalue weighted by Crippen LogP contribution is 2.27. The number of nitrogens with two attached hydrogens (primary N) is 1. The van der Waals surface area contributed by atoms with Crippen molar-refractivity contribution in [1.29, 1.82) is 0 Å². The maximum absolute atomic E-state index is 12.0. The van der Waals surface area contributed by atoms with E-state index in [4.69, 9.17) is 10.5 Å². The maximum Gasteiger partial charge on any atom is 0.410 e. The van der Waals surface area contributed by atoms with Gasteiger partial charge in [0.1, 0.15) is 5.60 Å². The highest BCUT2D eigenvalue weighted by atomic mass is 32.1. The number of carbonyl (C=O) groups is 2. The van der Waals surface area contributed by atoms with E-state index in [-0.39, 0.29) is 0 Å². The molecule has 1 aromatic rings. The van der Waals surface area contributed by atoms with Gasteiger partial charge in [-0.1, -0.05) is 6.07 Å². The molecule has 0 aromatic heterocycles. The summed E-state index contributed by atoms with van der Waals surface area (Å²) in [6.07, 6.45) is -0.396. The SMILES string of the molecule is Cc1c(CN(C)C(=O)OC(C)(C)C)ccc(NC(N)=O)c1S. The van der Waals surface area contributed by atoms with Crippen LogP contribution in [0.2, 0.25) is 0 Å². The van der Waals surface area contributed by atoms with Crippen molar-refractivity contribution in [2.75, 3.05) is 12.4 Å². The Bertz CT molecular complexity index is 582. The van der Waals surface area contributed by atoms with E-state index in [1.54, 1.807) is 13.1 Å². The van der Waals surface area contributed by atoms with Gasteiger partial charge in [0.25, 0.3) is 0 Å². The monoisotopic (exact) mass is 325 g/mol. The van der Waals surface area contributed by atoms with E-state index in [9.17, 15) is 9.59 Å². The van der Waals surface area contributed by atoms with Crippen LogP contribution in [0.5, 0.6) is 0 Å². The number of carbonyl (C=O) groups excluding carboxylic acids is 2. The molecule has 0 saturated carbocycles. The molecule has 0 heterocycles. The molecule has 1 rings (SSSR count). The first kappa shape index (κ1) is 18.2. The molecule has 122 valence electrons. The number of urea groups is 1. The Balaban J connectivity index is 2.88. The quantitative estimate of drug-likeness (QED) is 0.746. The minimum atomic E-state index is -0.645. The third kappa shape index (κ3) is 5.14. The second-order valence-corrected chi connectivity index (χ2v) is 6.52. The van der Waals surface area contributed by atoms with E-state index in [0.717, 1.165) is 11.1 Å². The maximum atomic E-state index is 12.0. The second-order valence-electron chi connectivity index (χ2n) is 6.07. The number of thiol groups is 1. The number of primary amides is 1. The van der Waals surface area contributed by atoms with Crippen molar-refractivity contribution in [1.82, 2.24) is 4.90 Å². The predicted molar refractivity (Wildman–Crippen MR) is 89.3 cm³/mol. The molecule has 0 bridgehead atoms. The minimum absolute atomic E-state index is 0.380. The Labute approximate surface area is 136 Å².